The lowest BCUT2D eigenvalue weighted by molar-refractivity contribution is -0.147. The van der Waals surface area contributed by atoms with Crippen LogP contribution < -0.4 is 10.6 Å². The molecule has 2 heterocycles. The molecule has 0 spiro atoms. The van der Waals surface area contributed by atoms with E-state index in [0.717, 1.165) is 65.0 Å². The fraction of sp³-hybridized carbons (Fsp3) is 0.650. The van der Waals surface area contributed by atoms with Gasteiger partial charge in [-0.05, 0) is 63.3 Å². The number of carbonyl (C=O) groups is 1. The normalized spacial score (nSPS) is 21.8. The molecule has 2 aliphatic heterocycles. The van der Waals surface area contributed by atoms with Crippen LogP contribution in [0.5, 0.6) is 0 Å². The van der Waals surface area contributed by atoms with E-state index in [1.54, 1.807) is 7.11 Å². The maximum Gasteiger partial charge on any atom is 0.252 e. The molecule has 0 bridgehead atoms. The molecule has 1 aromatic carbocycles. The first-order valence-corrected chi connectivity index (χ1v) is 9.52. The Bertz CT molecular complexity index is 535. The van der Waals surface area contributed by atoms with E-state index in [0.29, 0.717) is 5.92 Å². The lowest BCUT2D eigenvalue weighted by Gasteiger charge is -2.36. The second kappa shape index (κ2) is 8.79. The number of hydrogen-bond acceptors (Lipinski definition) is 4. The second-order valence-corrected chi connectivity index (χ2v) is 7.36. The Hall–Kier alpha value is -1.43. The number of rotatable bonds is 6. The summed E-state index contributed by atoms with van der Waals surface area (Å²) in [6.45, 7) is 5.71. The molecule has 0 radical (unpaired) electrons. The van der Waals surface area contributed by atoms with Crippen molar-refractivity contribution in [2.75, 3.05) is 39.8 Å². The summed E-state index contributed by atoms with van der Waals surface area (Å²) < 4.78 is 5.60. The van der Waals surface area contributed by atoms with Crippen molar-refractivity contribution >= 4 is 5.91 Å². The molecular formula is C20H31N3O2. The van der Waals surface area contributed by atoms with Crippen LogP contribution in [0, 0.1) is 5.92 Å². The topological polar surface area (TPSA) is 53.6 Å². The summed E-state index contributed by atoms with van der Waals surface area (Å²) in [6.07, 6.45) is 3.80. The van der Waals surface area contributed by atoms with Crippen molar-refractivity contribution in [3.8, 4) is 0 Å². The minimum absolute atomic E-state index is 0.0724. The van der Waals surface area contributed by atoms with Crippen molar-refractivity contribution in [2.45, 2.75) is 37.8 Å². The number of carbonyl (C=O) groups excluding carboxylic acids is 1. The van der Waals surface area contributed by atoms with E-state index < -0.39 is 5.60 Å². The summed E-state index contributed by atoms with van der Waals surface area (Å²) in [5.74, 6) is 0.648. The number of benzene rings is 1. The lowest BCUT2D eigenvalue weighted by atomic mass is 9.90. The van der Waals surface area contributed by atoms with E-state index in [1.165, 1.54) is 5.56 Å². The molecule has 1 amide bonds. The molecule has 2 saturated heterocycles. The molecule has 25 heavy (non-hydrogen) atoms. The molecule has 5 nitrogen and oxygen atoms in total. The molecular weight excluding hydrogens is 314 g/mol. The average molecular weight is 345 g/mol. The van der Waals surface area contributed by atoms with Crippen LogP contribution in [-0.4, -0.2) is 56.2 Å². The molecule has 0 aliphatic carbocycles. The van der Waals surface area contributed by atoms with Crippen LogP contribution in [0.25, 0.3) is 0 Å². The average Bonchev–Trinajstić information content (AvgIpc) is 2.68. The highest BCUT2D eigenvalue weighted by Gasteiger charge is 2.39. The Balaban J connectivity index is 1.41. The van der Waals surface area contributed by atoms with E-state index in [1.807, 2.05) is 0 Å². The maximum absolute atomic E-state index is 12.6. The molecule has 2 aliphatic rings. The van der Waals surface area contributed by atoms with Crippen LogP contribution in [-0.2, 0) is 16.1 Å². The number of amides is 1. The van der Waals surface area contributed by atoms with Crippen molar-refractivity contribution in [3.05, 3.63) is 35.9 Å². The number of hydrogen-bond donors (Lipinski definition) is 2. The number of likely N-dealkylation sites (tertiary alicyclic amines) is 1. The van der Waals surface area contributed by atoms with E-state index in [9.17, 15) is 4.79 Å². The predicted molar refractivity (Wildman–Crippen MR) is 99.3 cm³/mol. The standard InChI is InChI=1S/C20H31N3O2/c1-25-20(9-11-21-12-10-20)19(24)22-15-17-7-13-23(14-8-17)16-18-5-3-2-4-6-18/h2-6,17,21H,7-16H2,1H3,(H,22,24). The number of nitrogens with zero attached hydrogens (tertiary/aromatic N) is 1. The van der Waals surface area contributed by atoms with Gasteiger partial charge in [0.1, 0.15) is 5.60 Å². The molecule has 0 aromatic heterocycles. The minimum atomic E-state index is -0.626. The number of piperidine rings is 2. The van der Waals surface area contributed by atoms with Gasteiger partial charge in [0.25, 0.3) is 5.91 Å². The summed E-state index contributed by atoms with van der Waals surface area (Å²) in [7, 11) is 1.66. The quantitative estimate of drug-likeness (QED) is 0.825. The zero-order chi connectivity index (χ0) is 17.5. The molecule has 2 fully saturated rings. The smallest absolute Gasteiger partial charge is 0.252 e. The van der Waals surface area contributed by atoms with E-state index in [2.05, 4.69) is 45.9 Å². The van der Waals surface area contributed by atoms with Gasteiger partial charge >= 0.3 is 0 Å². The van der Waals surface area contributed by atoms with Crippen LogP contribution in [0.3, 0.4) is 0 Å². The van der Waals surface area contributed by atoms with Crippen molar-refractivity contribution in [1.29, 1.82) is 0 Å². The first-order chi connectivity index (χ1) is 12.2. The van der Waals surface area contributed by atoms with Crippen LogP contribution >= 0.6 is 0 Å². The fourth-order valence-corrected chi connectivity index (χ4v) is 3.94. The van der Waals surface area contributed by atoms with Gasteiger partial charge < -0.3 is 15.4 Å². The first-order valence-electron chi connectivity index (χ1n) is 9.52. The van der Waals surface area contributed by atoms with Crippen LogP contribution in [0.2, 0.25) is 0 Å². The summed E-state index contributed by atoms with van der Waals surface area (Å²) in [6, 6.07) is 10.6. The lowest BCUT2D eigenvalue weighted by Crippen LogP contribution is -2.55. The Morgan fingerprint density at radius 2 is 1.92 bits per heavy atom. The van der Waals surface area contributed by atoms with Crippen LogP contribution in [0.4, 0.5) is 0 Å². The molecule has 2 N–H and O–H groups in total. The van der Waals surface area contributed by atoms with E-state index in [-0.39, 0.29) is 5.91 Å². The first kappa shape index (κ1) is 18.4. The molecule has 0 unspecified atom stereocenters. The molecule has 1 aromatic rings. The van der Waals surface area contributed by atoms with Gasteiger partial charge in [-0.15, -0.1) is 0 Å². The zero-order valence-corrected chi connectivity index (χ0v) is 15.3. The highest BCUT2D eigenvalue weighted by atomic mass is 16.5. The largest absolute Gasteiger partial charge is 0.368 e. The third-order valence-corrected chi connectivity index (χ3v) is 5.72. The number of methoxy groups -OCH3 is 1. The molecule has 0 saturated carbocycles. The highest BCUT2D eigenvalue weighted by molar-refractivity contribution is 5.85. The Labute approximate surface area is 151 Å². The Kier molecular flexibility index (Phi) is 6.45. The van der Waals surface area contributed by atoms with Crippen molar-refractivity contribution in [2.24, 2.45) is 5.92 Å². The van der Waals surface area contributed by atoms with E-state index >= 15 is 0 Å². The second-order valence-electron chi connectivity index (χ2n) is 7.36. The Morgan fingerprint density at radius 3 is 2.56 bits per heavy atom. The SMILES string of the molecule is COC1(C(=O)NCC2CCN(Cc3ccccc3)CC2)CCNCC1. The zero-order valence-electron chi connectivity index (χ0n) is 15.3. The molecule has 0 atom stereocenters. The molecule has 138 valence electrons. The number of nitrogens with one attached hydrogen (secondary N) is 2. The predicted octanol–water partition coefficient (Wildman–Crippen LogP) is 1.78. The van der Waals surface area contributed by atoms with Crippen molar-refractivity contribution in [1.82, 2.24) is 15.5 Å². The van der Waals surface area contributed by atoms with Gasteiger partial charge in [0.15, 0.2) is 0 Å². The monoisotopic (exact) mass is 345 g/mol. The van der Waals surface area contributed by atoms with Crippen molar-refractivity contribution in [3.63, 3.8) is 0 Å². The minimum Gasteiger partial charge on any atom is -0.368 e. The van der Waals surface area contributed by atoms with Gasteiger partial charge in [-0.3, -0.25) is 9.69 Å². The van der Waals surface area contributed by atoms with Crippen LogP contribution in [0.1, 0.15) is 31.2 Å². The third-order valence-electron chi connectivity index (χ3n) is 5.72. The van der Waals surface area contributed by atoms with Crippen molar-refractivity contribution < 1.29 is 9.53 Å². The highest BCUT2D eigenvalue weighted by Crippen LogP contribution is 2.23. The van der Waals surface area contributed by atoms with Gasteiger partial charge in [0, 0.05) is 20.2 Å². The Morgan fingerprint density at radius 1 is 1.24 bits per heavy atom. The molecule has 3 rings (SSSR count). The number of ether oxygens (including phenoxy) is 1. The van der Waals surface area contributed by atoms with Gasteiger partial charge in [-0.2, -0.15) is 0 Å². The van der Waals surface area contributed by atoms with Gasteiger partial charge in [0.05, 0.1) is 0 Å². The fourth-order valence-electron chi connectivity index (χ4n) is 3.94. The summed E-state index contributed by atoms with van der Waals surface area (Å²) in [5, 5.41) is 6.46. The molecule has 5 heteroatoms. The maximum atomic E-state index is 12.6. The third kappa shape index (κ3) is 4.81. The summed E-state index contributed by atoms with van der Waals surface area (Å²) >= 11 is 0. The summed E-state index contributed by atoms with van der Waals surface area (Å²) in [5.41, 5.74) is 0.751. The van der Waals surface area contributed by atoms with Gasteiger partial charge in [-0.1, -0.05) is 30.3 Å². The van der Waals surface area contributed by atoms with E-state index in [4.69, 9.17) is 4.74 Å². The van der Waals surface area contributed by atoms with Crippen LogP contribution in [0.15, 0.2) is 30.3 Å². The summed E-state index contributed by atoms with van der Waals surface area (Å²) in [4.78, 5) is 15.1. The van der Waals surface area contributed by atoms with Gasteiger partial charge in [-0.25, -0.2) is 0 Å². The van der Waals surface area contributed by atoms with Gasteiger partial charge in [0.2, 0.25) is 0 Å².